The van der Waals surface area contributed by atoms with Gasteiger partial charge < -0.3 is 5.73 Å². The summed E-state index contributed by atoms with van der Waals surface area (Å²) >= 11 is 0. The number of nitrogen functional groups attached to an aromatic ring is 1. The van der Waals surface area contributed by atoms with Gasteiger partial charge in [-0.1, -0.05) is 12.8 Å². The Bertz CT molecular complexity index is 564. The third kappa shape index (κ3) is 2.90. The van der Waals surface area contributed by atoms with Gasteiger partial charge >= 0.3 is 0 Å². The van der Waals surface area contributed by atoms with Crippen molar-refractivity contribution in [3.63, 3.8) is 0 Å². The van der Waals surface area contributed by atoms with Gasteiger partial charge in [-0.05, 0) is 37.5 Å². The summed E-state index contributed by atoms with van der Waals surface area (Å²) in [6.07, 6.45) is 3.84. The second kappa shape index (κ2) is 5.46. The summed E-state index contributed by atoms with van der Waals surface area (Å²) in [6, 6.07) is 2.41. The Balaban J connectivity index is 2.41. The highest BCUT2D eigenvalue weighted by Gasteiger charge is 2.27. The van der Waals surface area contributed by atoms with Gasteiger partial charge in [-0.25, -0.2) is 12.8 Å². The molecule has 0 atom stereocenters. The van der Waals surface area contributed by atoms with E-state index in [0.717, 1.165) is 25.7 Å². The minimum atomic E-state index is -3.57. The predicted octanol–water partition coefficient (Wildman–Crippen LogP) is 2.28. The Morgan fingerprint density at radius 3 is 2.32 bits per heavy atom. The van der Waals surface area contributed by atoms with E-state index in [1.54, 1.807) is 6.92 Å². The highest BCUT2D eigenvalue weighted by atomic mass is 32.2. The number of nitrogens with zero attached hydrogens (tertiary/aromatic N) is 1. The molecule has 1 saturated heterocycles. The maximum atomic E-state index is 13.3. The summed E-state index contributed by atoms with van der Waals surface area (Å²) in [5, 5.41) is 0. The van der Waals surface area contributed by atoms with Crippen LogP contribution in [0.5, 0.6) is 0 Å². The molecule has 0 spiro atoms. The molecule has 0 bridgehead atoms. The summed E-state index contributed by atoms with van der Waals surface area (Å²) < 4.78 is 40.0. The van der Waals surface area contributed by atoms with Crippen LogP contribution in [0.25, 0.3) is 0 Å². The first-order valence-electron chi connectivity index (χ1n) is 6.48. The number of sulfonamides is 1. The first-order valence-corrected chi connectivity index (χ1v) is 7.92. The van der Waals surface area contributed by atoms with Crippen LogP contribution in [0.4, 0.5) is 10.1 Å². The number of hydrogen-bond acceptors (Lipinski definition) is 3. The Kier molecular flexibility index (Phi) is 4.10. The zero-order valence-corrected chi connectivity index (χ0v) is 11.8. The number of anilines is 1. The second-order valence-electron chi connectivity index (χ2n) is 4.96. The van der Waals surface area contributed by atoms with E-state index >= 15 is 0 Å². The van der Waals surface area contributed by atoms with Crippen LogP contribution in [0.1, 0.15) is 31.2 Å². The highest BCUT2D eigenvalue weighted by molar-refractivity contribution is 7.89. The topological polar surface area (TPSA) is 63.4 Å². The fourth-order valence-corrected chi connectivity index (χ4v) is 4.13. The van der Waals surface area contributed by atoms with Crippen LogP contribution in [0.3, 0.4) is 0 Å². The lowest BCUT2D eigenvalue weighted by Gasteiger charge is -2.21. The molecule has 1 fully saturated rings. The maximum Gasteiger partial charge on any atom is 0.243 e. The van der Waals surface area contributed by atoms with E-state index in [1.165, 1.54) is 16.4 Å². The Labute approximate surface area is 113 Å². The average Bonchev–Trinajstić information content (AvgIpc) is 2.62. The third-order valence-electron chi connectivity index (χ3n) is 3.48. The van der Waals surface area contributed by atoms with Crippen LogP contribution in [0.15, 0.2) is 17.0 Å². The zero-order chi connectivity index (χ0) is 14.0. The van der Waals surface area contributed by atoms with Gasteiger partial charge in [0.15, 0.2) is 0 Å². The Hall–Kier alpha value is -1.14. The molecule has 1 aliphatic heterocycles. The van der Waals surface area contributed by atoms with E-state index in [9.17, 15) is 12.8 Å². The van der Waals surface area contributed by atoms with Crippen molar-refractivity contribution in [2.45, 2.75) is 37.5 Å². The summed E-state index contributed by atoms with van der Waals surface area (Å²) in [7, 11) is -3.57. The molecule has 1 heterocycles. The monoisotopic (exact) mass is 286 g/mol. The van der Waals surface area contributed by atoms with Crippen LogP contribution in [-0.4, -0.2) is 25.8 Å². The van der Waals surface area contributed by atoms with Gasteiger partial charge in [0, 0.05) is 13.1 Å². The number of benzene rings is 1. The fourth-order valence-electron chi connectivity index (χ4n) is 2.37. The van der Waals surface area contributed by atoms with Crippen LogP contribution < -0.4 is 5.73 Å². The van der Waals surface area contributed by atoms with E-state index in [-0.39, 0.29) is 10.6 Å². The number of rotatable bonds is 2. The van der Waals surface area contributed by atoms with Crippen LogP contribution in [0.2, 0.25) is 0 Å². The molecular weight excluding hydrogens is 267 g/mol. The molecule has 1 aromatic carbocycles. The number of halogens is 1. The molecule has 6 heteroatoms. The van der Waals surface area contributed by atoms with Crippen molar-refractivity contribution in [3.8, 4) is 0 Å². The largest absolute Gasteiger partial charge is 0.396 e. The van der Waals surface area contributed by atoms with Crippen molar-refractivity contribution in [2.75, 3.05) is 18.8 Å². The molecule has 1 aromatic rings. The van der Waals surface area contributed by atoms with Gasteiger partial charge in [-0.15, -0.1) is 0 Å². The molecule has 0 aliphatic carbocycles. The van der Waals surface area contributed by atoms with E-state index in [2.05, 4.69) is 0 Å². The minimum absolute atomic E-state index is 0.119. The SMILES string of the molecule is Cc1cc(F)c(N)cc1S(=O)(=O)N1CCCCCC1. The lowest BCUT2D eigenvalue weighted by Crippen LogP contribution is -2.32. The van der Waals surface area contributed by atoms with E-state index in [0.29, 0.717) is 18.7 Å². The molecule has 1 aliphatic rings. The molecular formula is C13H19FN2O2S. The van der Waals surface area contributed by atoms with E-state index < -0.39 is 15.8 Å². The van der Waals surface area contributed by atoms with Crippen LogP contribution in [-0.2, 0) is 10.0 Å². The number of nitrogens with two attached hydrogens (primary N) is 1. The lowest BCUT2D eigenvalue weighted by molar-refractivity contribution is 0.423. The van der Waals surface area contributed by atoms with Crippen molar-refractivity contribution >= 4 is 15.7 Å². The van der Waals surface area contributed by atoms with Crippen molar-refractivity contribution in [1.82, 2.24) is 4.31 Å². The first-order chi connectivity index (χ1) is 8.93. The molecule has 2 N–H and O–H groups in total. The Morgan fingerprint density at radius 1 is 1.16 bits per heavy atom. The molecule has 0 aromatic heterocycles. The van der Waals surface area contributed by atoms with Gasteiger partial charge in [0.05, 0.1) is 10.6 Å². The normalized spacial score (nSPS) is 18.2. The minimum Gasteiger partial charge on any atom is -0.396 e. The molecule has 0 radical (unpaired) electrons. The number of hydrogen-bond donors (Lipinski definition) is 1. The molecule has 106 valence electrons. The molecule has 0 unspecified atom stereocenters. The molecule has 2 rings (SSSR count). The summed E-state index contributed by atoms with van der Waals surface area (Å²) in [5.41, 5.74) is 5.76. The highest BCUT2D eigenvalue weighted by Crippen LogP contribution is 2.26. The molecule has 0 saturated carbocycles. The summed E-state index contributed by atoms with van der Waals surface area (Å²) in [5.74, 6) is -0.577. The van der Waals surface area contributed by atoms with Gasteiger partial charge in [-0.2, -0.15) is 4.31 Å². The van der Waals surface area contributed by atoms with E-state index in [1.807, 2.05) is 0 Å². The average molecular weight is 286 g/mol. The van der Waals surface area contributed by atoms with Crippen molar-refractivity contribution in [2.24, 2.45) is 0 Å². The molecule has 4 nitrogen and oxygen atoms in total. The van der Waals surface area contributed by atoms with Gasteiger partial charge in [-0.3, -0.25) is 0 Å². The van der Waals surface area contributed by atoms with Gasteiger partial charge in [0.2, 0.25) is 10.0 Å². The smallest absolute Gasteiger partial charge is 0.243 e. The maximum absolute atomic E-state index is 13.3. The van der Waals surface area contributed by atoms with Crippen molar-refractivity contribution in [3.05, 3.63) is 23.5 Å². The molecule has 19 heavy (non-hydrogen) atoms. The van der Waals surface area contributed by atoms with Crippen molar-refractivity contribution in [1.29, 1.82) is 0 Å². The van der Waals surface area contributed by atoms with Crippen molar-refractivity contribution < 1.29 is 12.8 Å². The van der Waals surface area contributed by atoms with Gasteiger partial charge in [0.25, 0.3) is 0 Å². The second-order valence-corrected chi connectivity index (χ2v) is 6.86. The quantitative estimate of drug-likeness (QED) is 0.848. The fraction of sp³-hybridized carbons (Fsp3) is 0.538. The van der Waals surface area contributed by atoms with Crippen LogP contribution >= 0.6 is 0 Å². The predicted molar refractivity (Wildman–Crippen MR) is 72.8 cm³/mol. The third-order valence-corrected chi connectivity index (χ3v) is 5.52. The zero-order valence-electron chi connectivity index (χ0n) is 11.0. The Morgan fingerprint density at radius 2 is 1.74 bits per heavy atom. The van der Waals surface area contributed by atoms with E-state index in [4.69, 9.17) is 5.73 Å². The number of aryl methyl sites for hydroxylation is 1. The first kappa shape index (κ1) is 14.3. The summed E-state index contributed by atoms with van der Waals surface area (Å²) in [6.45, 7) is 2.64. The molecule has 0 amide bonds. The van der Waals surface area contributed by atoms with Crippen LogP contribution in [0, 0.1) is 12.7 Å². The summed E-state index contributed by atoms with van der Waals surface area (Å²) in [4.78, 5) is 0.119. The lowest BCUT2D eigenvalue weighted by atomic mass is 10.2. The van der Waals surface area contributed by atoms with Gasteiger partial charge in [0.1, 0.15) is 5.82 Å². The standard InChI is InChI=1S/C13H19FN2O2S/c1-10-8-11(14)12(15)9-13(10)19(17,18)16-6-4-2-3-5-7-16/h8-9H,2-7,15H2,1H3.